The van der Waals surface area contributed by atoms with E-state index in [4.69, 9.17) is 4.74 Å². The third-order valence-electron chi connectivity index (χ3n) is 2.58. The van der Waals surface area contributed by atoms with Gasteiger partial charge in [-0.25, -0.2) is 4.79 Å². The zero-order valence-electron chi connectivity index (χ0n) is 10.0. The van der Waals surface area contributed by atoms with Crippen LogP contribution < -0.4 is 5.32 Å². The van der Waals surface area contributed by atoms with Crippen molar-refractivity contribution in [2.45, 2.75) is 12.5 Å². The van der Waals surface area contributed by atoms with Crippen molar-refractivity contribution in [2.24, 2.45) is 0 Å². The Morgan fingerprint density at radius 3 is 2.94 bits per heavy atom. The molecule has 0 spiro atoms. The molecule has 0 aromatic carbocycles. The highest BCUT2D eigenvalue weighted by Gasteiger charge is 2.20. The van der Waals surface area contributed by atoms with Gasteiger partial charge in [0.1, 0.15) is 0 Å². The SMILES string of the molecule is COC(=O)c1ccnc(CC(=O)NC2COC2)c1. The van der Waals surface area contributed by atoms with E-state index in [2.05, 4.69) is 15.0 Å². The van der Waals surface area contributed by atoms with Crippen LogP contribution in [0, 0.1) is 0 Å². The molecule has 1 amide bonds. The third-order valence-corrected chi connectivity index (χ3v) is 2.58. The molecule has 6 heteroatoms. The number of hydrogen-bond acceptors (Lipinski definition) is 5. The van der Waals surface area contributed by atoms with E-state index in [1.807, 2.05) is 0 Å². The van der Waals surface area contributed by atoms with Gasteiger partial charge in [-0.1, -0.05) is 0 Å². The van der Waals surface area contributed by atoms with E-state index in [1.165, 1.54) is 13.3 Å². The Balaban J connectivity index is 1.95. The quantitative estimate of drug-likeness (QED) is 0.757. The van der Waals surface area contributed by atoms with Crippen molar-refractivity contribution in [3.63, 3.8) is 0 Å². The summed E-state index contributed by atoms with van der Waals surface area (Å²) in [5.74, 6) is -0.565. The van der Waals surface area contributed by atoms with Crippen LogP contribution in [0.25, 0.3) is 0 Å². The molecular formula is C12H14N2O4. The normalized spacial score (nSPS) is 14.7. The predicted molar refractivity (Wildman–Crippen MR) is 62.0 cm³/mol. The molecule has 2 heterocycles. The van der Waals surface area contributed by atoms with Gasteiger partial charge in [-0.05, 0) is 12.1 Å². The molecule has 18 heavy (non-hydrogen) atoms. The first kappa shape index (κ1) is 12.5. The van der Waals surface area contributed by atoms with Crippen molar-refractivity contribution in [3.05, 3.63) is 29.6 Å². The Morgan fingerprint density at radius 2 is 2.33 bits per heavy atom. The van der Waals surface area contributed by atoms with Crippen molar-refractivity contribution in [1.29, 1.82) is 0 Å². The second kappa shape index (κ2) is 5.59. The molecule has 1 aromatic heterocycles. The summed E-state index contributed by atoms with van der Waals surface area (Å²) in [5, 5.41) is 2.81. The summed E-state index contributed by atoms with van der Waals surface area (Å²) in [4.78, 5) is 27.0. The summed E-state index contributed by atoms with van der Waals surface area (Å²) in [6.45, 7) is 1.11. The standard InChI is InChI=1S/C12H14N2O4/c1-17-12(16)8-2-3-13-9(4-8)5-11(15)14-10-6-18-7-10/h2-4,10H,5-7H2,1H3,(H,14,15). The Hall–Kier alpha value is -1.95. The highest BCUT2D eigenvalue weighted by molar-refractivity contribution is 5.89. The van der Waals surface area contributed by atoms with Gasteiger partial charge < -0.3 is 14.8 Å². The number of nitrogens with zero attached hydrogens (tertiary/aromatic N) is 1. The van der Waals surface area contributed by atoms with E-state index in [1.54, 1.807) is 12.1 Å². The summed E-state index contributed by atoms with van der Waals surface area (Å²) < 4.78 is 9.56. The first-order chi connectivity index (χ1) is 8.69. The van der Waals surface area contributed by atoms with Crippen LogP contribution in [0.3, 0.4) is 0 Å². The lowest BCUT2D eigenvalue weighted by Crippen LogP contribution is -2.49. The van der Waals surface area contributed by atoms with Gasteiger partial charge in [0.05, 0.1) is 44.0 Å². The number of ether oxygens (including phenoxy) is 2. The molecule has 0 bridgehead atoms. The number of rotatable bonds is 4. The van der Waals surface area contributed by atoms with Crippen molar-refractivity contribution in [3.8, 4) is 0 Å². The summed E-state index contributed by atoms with van der Waals surface area (Å²) in [5.41, 5.74) is 0.929. The minimum Gasteiger partial charge on any atom is -0.465 e. The molecule has 1 fully saturated rings. The molecule has 6 nitrogen and oxygen atoms in total. The molecule has 1 aliphatic heterocycles. The number of aromatic nitrogens is 1. The number of amides is 1. The number of nitrogens with one attached hydrogen (secondary N) is 1. The Bertz CT molecular complexity index is 457. The highest BCUT2D eigenvalue weighted by atomic mass is 16.5. The van der Waals surface area contributed by atoms with E-state index < -0.39 is 5.97 Å². The fourth-order valence-corrected chi connectivity index (χ4v) is 1.58. The number of methoxy groups -OCH3 is 1. The van der Waals surface area contributed by atoms with Gasteiger partial charge in [-0.3, -0.25) is 9.78 Å². The summed E-state index contributed by atoms with van der Waals surface area (Å²) >= 11 is 0. The summed E-state index contributed by atoms with van der Waals surface area (Å²) in [6, 6.07) is 3.21. The Morgan fingerprint density at radius 1 is 1.56 bits per heavy atom. The highest BCUT2D eigenvalue weighted by Crippen LogP contribution is 2.05. The molecule has 1 aromatic rings. The molecule has 1 aliphatic rings. The summed E-state index contributed by atoms with van der Waals surface area (Å²) in [6.07, 6.45) is 1.63. The van der Waals surface area contributed by atoms with Crippen LogP contribution in [0.1, 0.15) is 16.1 Å². The van der Waals surface area contributed by atoms with E-state index in [0.717, 1.165) is 0 Å². The van der Waals surface area contributed by atoms with Crippen LogP contribution in [0.4, 0.5) is 0 Å². The van der Waals surface area contributed by atoms with Crippen molar-refractivity contribution in [2.75, 3.05) is 20.3 Å². The van der Waals surface area contributed by atoms with Gasteiger partial charge >= 0.3 is 5.97 Å². The maximum atomic E-state index is 11.6. The average Bonchev–Trinajstić information content (AvgIpc) is 2.33. The molecule has 96 valence electrons. The molecule has 0 radical (unpaired) electrons. The maximum absolute atomic E-state index is 11.6. The van der Waals surface area contributed by atoms with Gasteiger partial charge in [0.2, 0.25) is 5.91 Å². The third kappa shape index (κ3) is 3.04. The van der Waals surface area contributed by atoms with Crippen LogP contribution in [0.2, 0.25) is 0 Å². The van der Waals surface area contributed by atoms with Crippen molar-refractivity contribution >= 4 is 11.9 Å². The molecule has 2 rings (SSSR count). The number of esters is 1. The lowest BCUT2D eigenvalue weighted by molar-refractivity contribution is -0.124. The lowest BCUT2D eigenvalue weighted by atomic mass is 10.1. The zero-order chi connectivity index (χ0) is 13.0. The van der Waals surface area contributed by atoms with Gasteiger partial charge in [0.25, 0.3) is 0 Å². The zero-order valence-corrected chi connectivity index (χ0v) is 10.0. The van der Waals surface area contributed by atoms with E-state index >= 15 is 0 Å². The minimum atomic E-state index is -0.438. The monoisotopic (exact) mass is 250 g/mol. The molecule has 0 unspecified atom stereocenters. The van der Waals surface area contributed by atoms with Crippen LogP contribution in [0.15, 0.2) is 18.3 Å². The fourth-order valence-electron chi connectivity index (χ4n) is 1.58. The topological polar surface area (TPSA) is 77.5 Å². The fraction of sp³-hybridized carbons (Fsp3) is 0.417. The second-order valence-corrected chi connectivity index (χ2v) is 4.01. The van der Waals surface area contributed by atoms with Crippen molar-refractivity contribution in [1.82, 2.24) is 10.3 Å². The second-order valence-electron chi connectivity index (χ2n) is 4.01. The molecule has 0 atom stereocenters. The van der Waals surface area contributed by atoms with E-state index in [9.17, 15) is 9.59 Å². The first-order valence-electron chi connectivity index (χ1n) is 5.59. The minimum absolute atomic E-state index is 0.0984. The van der Waals surface area contributed by atoms with Crippen LogP contribution in [0.5, 0.6) is 0 Å². The number of carbonyl (C=O) groups excluding carboxylic acids is 2. The number of carbonyl (C=O) groups is 2. The van der Waals surface area contributed by atoms with Crippen LogP contribution in [-0.2, 0) is 20.7 Å². The number of pyridine rings is 1. The Kier molecular flexibility index (Phi) is 3.88. The maximum Gasteiger partial charge on any atom is 0.337 e. The van der Waals surface area contributed by atoms with Crippen LogP contribution >= 0.6 is 0 Å². The number of hydrogen-bond donors (Lipinski definition) is 1. The first-order valence-corrected chi connectivity index (χ1v) is 5.59. The molecule has 0 saturated carbocycles. The largest absolute Gasteiger partial charge is 0.465 e. The Labute approximate surface area is 104 Å². The summed E-state index contributed by atoms with van der Waals surface area (Å²) in [7, 11) is 1.31. The van der Waals surface area contributed by atoms with Gasteiger partial charge in [0, 0.05) is 6.20 Å². The molecule has 1 saturated heterocycles. The smallest absolute Gasteiger partial charge is 0.337 e. The molecular weight excluding hydrogens is 236 g/mol. The predicted octanol–water partition coefficient (Wildman–Crippen LogP) is -0.0743. The van der Waals surface area contributed by atoms with Gasteiger partial charge in [0.15, 0.2) is 0 Å². The van der Waals surface area contributed by atoms with E-state index in [0.29, 0.717) is 24.5 Å². The van der Waals surface area contributed by atoms with E-state index in [-0.39, 0.29) is 18.4 Å². The average molecular weight is 250 g/mol. The van der Waals surface area contributed by atoms with Gasteiger partial charge in [-0.2, -0.15) is 0 Å². The lowest BCUT2D eigenvalue weighted by Gasteiger charge is -2.26. The van der Waals surface area contributed by atoms with Crippen molar-refractivity contribution < 1.29 is 19.1 Å². The molecule has 1 N–H and O–H groups in total. The molecule has 0 aliphatic carbocycles. The van der Waals surface area contributed by atoms with Gasteiger partial charge in [-0.15, -0.1) is 0 Å². The van der Waals surface area contributed by atoms with Crippen LogP contribution in [-0.4, -0.2) is 43.2 Å².